The van der Waals surface area contributed by atoms with Gasteiger partial charge in [-0.25, -0.2) is 0 Å². The summed E-state index contributed by atoms with van der Waals surface area (Å²) in [5, 5.41) is 0. The van der Waals surface area contributed by atoms with Gasteiger partial charge < -0.3 is 9.47 Å². The van der Waals surface area contributed by atoms with E-state index in [-0.39, 0.29) is 38.4 Å². The van der Waals surface area contributed by atoms with Gasteiger partial charge in [0.25, 0.3) is 0 Å². The summed E-state index contributed by atoms with van der Waals surface area (Å²) in [4.78, 5) is 22.0. The smallest absolute Gasteiger partial charge is 0.463 e. The van der Waals surface area contributed by atoms with E-state index in [2.05, 4.69) is 0 Å². The monoisotopic (exact) mass is 309 g/mol. The van der Waals surface area contributed by atoms with E-state index >= 15 is 0 Å². The van der Waals surface area contributed by atoms with E-state index in [1.54, 1.807) is 0 Å². The second-order valence-electron chi connectivity index (χ2n) is 3.83. The average molecular weight is 309 g/mol. The minimum Gasteiger partial charge on any atom is -0.463 e. The summed E-state index contributed by atoms with van der Waals surface area (Å²) in [6, 6.07) is 0. The Balaban J connectivity index is 3.41. The van der Waals surface area contributed by atoms with Gasteiger partial charge in [-0.15, -0.1) is 9.05 Å². The van der Waals surface area contributed by atoms with Gasteiger partial charge in [0.05, 0.1) is 0 Å². The average Bonchev–Trinajstić information content (AvgIpc) is 2.40. The highest BCUT2D eigenvalue weighted by atomic mass is 31.1. The highest BCUT2D eigenvalue weighted by molar-refractivity contribution is 7.33. The predicted molar refractivity (Wildman–Crippen MR) is 71.2 cm³/mol. The summed E-state index contributed by atoms with van der Waals surface area (Å²) in [7, 11) is -2.29. The first-order valence-electron chi connectivity index (χ1n) is 6.64. The fourth-order valence-electron chi connectivity index (χ4n) is 1.12. The number of rotatable bonds is 12. The van der Waals surface area contributed by atoms with Crippen LogP contribution in [0.2, 0.25) is 0 Å². The molecule has 0 aliphatic rings. The van der Waals surface area contributed by atoms with Crippen molar-refractivity contribution in [1.82, 2.24) is 0 Å². The maximum Gasteiger partial charge on any atom is 0.697 e. The summed E-state index contributed by atoms with van der Waals surface area (Å²) >= 11 is 0. The van der Waals surface area contributed by atoms with Crippen LogP contribution in [0.15, 0.2) is 0 Å². The first-order valence-corrected chi connectivity index (χ1v) is 7.74. The predicted octanol–water partition coefficient (Wildman–Crippen LogP) is 2.36. The highest BCUT2D eigenvalue weighted by Crippen LogP contribution is 2.22. The molecule has 8 heteroatoms. The van der Waals surface area contributed by atoms with Crippen molar-refractivity contribution in [3.05, 3.63) is 0 Å². The van der Waals surface area contributed by atoms with E-state index in [1.165, 1.54) is 0 Å². The molecule has 0 aliphatic heterocycles. The molecular formula is C12H22O7P+. The Morgan fingerprint density at radius 3 is 1.55 bits per heavy atom. The van der Waals surface area contributed by atoms with Crippen LogP contribution in [0.1, 0.15) is 39.5 Å². The molecule has 0 aromatic heterocycles. The Morgan fingerprint density at radius 1 is 0.800 bits per heavy atom. The topological polar surface area (TPSA) is 88.1 Å². The van der Waals surface area contributed by atoms with Gasteiger partial charge in [-0.05, 0) is 12.8 Å². The maximum atomic E-state index is 11.2. The second kappa shape index (κ2) is 13.0. The lowest BCUT2D eigenvalue weighted by Crippen LogP contribution is -2.10. The van der Waals surface area contributed by atoms with Crippen molar-refractivity contribution in [2.45, 2.75) is 39.5 Å². The first kappa shape index (κ1) is 19.0. The third kappa shape index (κ3) is 12.0. The van der Waals surface area contributed by atoms with Crippen molar-refractivity contribution in [3.63, 3.8) is 0 Å². The molecule has 0 atom stereocenters. The van der Waals surface area contributed by atoms with Crippen molar-refractivity contribution in [3.8, 4) is 0 Å². The molecule has 116 valence electrons. The van der Waals surface area contributed by atoms with Crippen LogP contribution in [-0.2, 0) is 32.7 Å². The fourth-order valence-corrected chi connectivity index (χ4v) is 1.65. The molecule has 0 saturated heterocycles. The second-order valence-corrected chi connectivity index (χ2v) is 4.79. The molecule has 0 radical (unpaired) electrons. The van der Waals surface area contributed by atoms with Crippen molar-refractivity contribution < 1.29 is 32.7 Å². The molecule has 0 unspecified atom stereocenters. The molecule has 0 saturated carbocycles. The summed E-state index contributed by atoms with van der Waals surface area (Å²) in [5.41, 5.74) is 0. The van der Waals surface area contributed by atoms with Gasteiger partial charge in [-0.1, -0.05) is 13.8 Å². The zero-order valence-electron chi connectivity index (χ0n) is 12.0. The zero-order valence-corrected chi connectivity index (χ0v) is 12.9. The van der Waals surface area contributed by atoms with Crippen LogP contribution in [-0.4, -0.2) is 38.4 Å². The van der Waals surface area contributed by atoms with Crippen LogP contribution < -0.4 is 0 Å². The summed E-state index contributed by atoms with van der Waals surface area (Å²) in [6.45, 7) is 3.82. The number of carbonyl (C=O) groups excluding carboxylic acids is 2. The molecule has 0 aromatic rings. The first-order chi connectivity index (χ1) is 9.60. The van der Waals surface area contributed by atoms with Crippen molar-refractivity contribution in [2.75, 3.05) is 26.4 Å². The lowest BCUT2D eigenvalue weighted by molar-refractivity contribution is -0.144. The van der Waals surface area contributed by atoms with Gasteiger partial charge in [-0.2, -0.15) is 0 Å². The minimum atomic E-state index is -2.29. The molecule has 0 amide bonds. The molecule has 0 fully saturated rings. The van der Waals surface area contributed by atoms with Gasteiger partial charge in [0.1, 0.15) is 26.4 Å². The number of hydrogen-bond acceptors (Lipinski definition) is 7. The van der Waals surface area contributed by atoms with Crippen LogP contribution in [0.4, 0.5) is 0 Å². The zero-order chi connectivity index (χ0) is 15.2. The van der Waals surface area contributed by atoms with Crippen molar-refractivity contribution in [2.24, 2.45) is 0 Å². The van der Waals surface area contributed by atoms with Crippen molar-refractivity contribution >= 4 is 20.2 Å². The normalized spacial score (nSPS) is 10.1. The SMILES string of the molecule is CCCC(=O)OCCO[P+](=O)OCCOC(=O)CCC. The van der Waals surface area contributed by atoms with E-state index in [1.807, 2.05) is 13.8 Å². The van der Waals surface area contributed by atoms with Crippen LogP contribution in [0.5, 0.6) is 0 Å². The molecule has 20 heavy (non-hydrogen) atoms. The Labute approximate surface area is 119 Å². The third-order valence-electron chi connectivity index (χ3n) is 1.99. The van der Waals surface area contributed by atoms with Crippen LogP contribution >= 0.6 is 8.25 Å². The molecule has 0 spiro atoms. The van der Waals surface area contributed by atoms with E-state index in [0.717, 1.165) is 0 Å². The van der Waals surface area contributed by atoms with Gasteiger partial charge >= 0.3 is 20.2 Å². The van der Waals surface area contributed by atoms with E-state index in [4.69, 9.17) is 18.5 Å². The number of carbonyl (C=O) groups is 2. The molecule has 0 aromatic carbocycles. The Bertz CT molecular complexity index is 278. The lowest BCUT2D eigenvalue weighted by Gasteiger charge is -2.00. The molecular weight excluding hydrogens is 287 g/mol. The van der Waals surface area contributed by atoms with Crippen LogP contribution in [0.25, 0.3) is 0 Å². The lowest BCUT2D eigenvalue weighted by atomic mass is 10.3. The van der Waals surface area contributed by atoms with Gasteiger partial charge in [-0.3, -0.25) is 9.59 Å². The Kier molecular flexibility index (Phi) is 12.3. The molecule has 0 N–H and O–H groups in total. The fraction of sp³-hybridized carbons (Fsp3) is 0.833. The number of hydrogen-bond donors (Lipinski definition) is 0. The standard InChI is InChI=1S/C12H22O7P/c1-3-5-11(13)16-7-9-18-20(15)19-10-8-17-12(14)6-4-2/h3-10H2,1-2H3/q+1. The molecule has 0 heterocycles. The van der Waals surface area contributed by atoms with Crippen molar-refractivity contribution in [1.29, 1.82) is 0 Å². The number of ether oxygens (including phenoxy) is 2. The molecule has 0 bridgehead atoms. The molecule has 0 rings (SSSR count). The highest BCUT2D eigenvalue weighted by Gasteiger charge is 2.20. The minimum absolute atomic E-state index is 0.000278. The van der Waals surface area contributed by atoms with E-state index in [9.17, 15) is 14.2 Å². The number of esters is 2. The summed E-state index contributed by atoms with van der Waals surface area (Å²) in [5.74, 6) is -0.620. The largest absolute Gasteiger partial charge is 0.697 e. The Hall–Kier alpha value is -1.04. The summed E-state index contributed by atoms with van der Waals surface area (Å²) in [6.07, 6.45) is 2.14. The van der Waals surface area contributed by atoms with Gasteiger partial charge in [0, 0.05) is 17.4 Å². The van der Waals surface area contributed by atoms with Gasteiger partial charge in [0.15, 0.2) is 0 Å². The van der Waals surface area contributed by atoms with E-state index < -0.39 is 8.25 Å². The van der Waals surface area contributed by atoms with Gasteiger partial charge in [0.2, 0.25) is 0 Å². The molecule has 7 nitrogen and oxygen atoms in total. The van der Waals surface area contributed by atoms with Crippen LogP contribution in [0, 0.1) is 0 Å². The third-order valence-corrected chi connectivity index (χ3v) is 2.78. The Morgan fingerprint density at radius 2 is 1.20 bits per heavy atom. The van der Waals surface area contributed by atoms with Crippen LogP contribution in [0.3, 0.4) is 0 Å². The maximum absolute atomic E-state index is 11.2. The quantitative estimate of drug-likeness (QED) is 0.310. The molecule has 0 aliphatic carbocycles. The summed E-state index contributed by atoms with van der Waals surface area (Å²) < 4.78 is 30.4. The van der Waals surface area contributed by atoms with E-state index in [0.29, 0.717) is 25.7 Å².